The Hall–Kier alpha value is -4.65. The molecule has 0 fully saturated rings. The van der Waals surface area contributed by atoms with Gasteiger partial charge in [-0.3, -0.25) is 24.0 Å². The fraction of sp³-hybridized carbons (Fsp3) is 0.375. The third kappa shape index (κ3) is 8.72. The lowest BCUT2D eigenvalue weighted by Crippen LogP contribution is -2.52. The predicted molar refractivity (Wildman–Crippen MR) is 171 cm³/mol. The molecule has 242 valence electrons. The zero-order valence-electron chi connectivity index (χ0n) is 26.3. The normalized spacial score (nSPS) is 11.9. The molecule has 3 aromatic rings. The van der Waals surface area contributed by atoms with E-state index in [9.17, 15) is 28.1 Å². The smallest absolute Gasteiger partial charge is 0.273 e. The van der Waals surface area contributed by atoms with Gasteiger partial charge in [-0.05, 0) is 67.3 Å². The summed E-state index contributed by atoms with van der Waals surface area (Å²) in [5, 5.41) is 14.5. The molecule has 0 unspecified atom stereocenters. The lowest BCUT2D eigenvalue weighted by molar-refractivity contribution is -0.385. The zero-order chi connectivity index (χ0) is 33.3. The Bertz CT molecular complexity index is 1590. The van der Waals surface area contributed by atoms with Crippen molar-refractivity contribution in [2.24, 2.45) is 5.92 Å². The van der Waals surface area contributed by atoms with E-state index >= 15 is 0 Å². The molecular formula is C32H40N4O8S. The van der Waals surface area contributed by atoms with Gasteiger partial charge < -0.3 is 19.7 Å². The van der Waals surface area contributed by atoms with Gasteiger partial charge in [-0.15, -0.1) is 0 Å². The molecule has 1 atom stereocenters. The molecular weight excluding hydrogens is 600 g/mol. The van der Waals surface area contributed by atoms with Crippen LogP contribution in [0.4, 0.5) is 11.4 Å². The van der Waals surface area contributed by atoms with Crippen LogP contribution < -0.4 is 19.1 Å². The Kier molecular flexibility index (Phi) is 11.9. The maximum atomic E-state index is 14.2. The lowest BCUT2D eigenvalue weighted by Gasteiger charge is -2.33. The molecule has 0 spiro atoms. The van der Waals surface area contributed by atoms with Crippen LogP contribution in [-0.2, 0) is 26.2 Å². The number of sulfonamides is 1. The number of rotatable bonds is 15. The molecule has 0 aliphatic rings. The third-order valence-electron chi connectivity index (χ3n) is 7.19. The van der Waals surface area contributed by atoms with Crippen molar-refractivity contribution in [1.82, 2.24) is 10.2 Å². The number of nitro groups is 1. The number of benzene rings is 3. The Morgan fingerprint density at radius 1 is 0.956 bits per heavy atom. The van der Waals surface area contributed by atoms with Crippen LogP contribution in [0, 0.1) is 23.0 Å². The van der Waals surface area contributed by atoms with Crippen molar-refractivity contribution < 1.29 is 32.4 Å². The highest BCUT2D eigenvalue weighted by molar-refractivity contribution is 7.92. The minimum Gasteiger partial charge on any atom is -0.497 e. The molecule has 0 aliphatic heterocycles. The van der Waals surface area contributed by atoms with E-state index < -0.39 is 33.4 Å². The van der Waals surface area contributed by atoms with E-state index in [1.165, 1.54) is 50.3 Å². The Morgan fingerprint density at radius 2 is 1.53 bits per heavy atom. The van der Waals surface area contributed by atoms with Gasteiger partial charge in [0.2, 0.25) is 11.8 Å². The van der Waals surface area contributed by atoms with Crippen LogP contribution in [0.2, 0.25) is 0 Å². The van der Waals surface area contributed by atoms with Crippen LogP contribution in [0.3, 0.4) is 0 Å². The van der Waals surface area contributed by atoms with Crippen LogP contribution in [0.15, 0.2) is 71.6 Å². The van der Waals surface area contributed by atoms with Gasteiger partial charge in [-0.2, -0.15) is 0 Å². The Morgan fingerprint density at radius 3 is 2.04 bits per heavy atom. The highest BCUT2D eigenvalue weighted by Crippen LogP contribution is 2.29. The third-order valence-corrected chi connectivity index (χ3v) is 8.96. The van der Waals surface area contributed by atoms with Crippen LogP contribution in [0.5, 0.6) is 11.5 Å². The van der Waals surface area contributed by atoms with E-state index in [2.05, 4.69) is 5.32 Å². The number of carbonyl (C=O) groups excluding carboxylic acids is 2. The Labute approximate surface area is 264 Å². The first-order chi connectivity index (χ1) is 21.3. The van der Waals surface area contributed by atoms with E-state index in [1.807, 2.05) is 13.8 Å². The van der Waals surface area contributed by atoms with Crippen molar-refractivity contribution in [3.8, 4) is 11.5 Å². The molecule has 3 rings (SSSR count). The summed E-state index contributed by atoms with van der Waals surface area (Å²) >= 11 is 0. The average molecular weight is 641 g/mol. The summed E-state index contributed by atoms with van der Waals surface area (Å²) in [6.07, 6.45) is 0.269. The van der Waals surface area contributed by atoms with Crippen molar-refractivity contribution in [3.05, 3.63) is 88.0 Å². The molecule has 0 aromatic heterocycles. The van der Waals surface area contributed by atoms with Crippen molar-refractivity contribution in [2.75, 3.05) is 31.6 Å². The monoisotopic (exact) mass is 640 g/mol. The number of nitro benzene ring substituents is 1. The van der Waals surface area contributed by atoms with Gasteiger partial charge in [0.15, 0.2) is 0 Å². The SMILES string of the molecule is CC[C@H](C(=O)NCC(C)C)N(Cc1ccc(OC)cc1)C(=O)CN(c1ccc(OC)cc1)S(=O)(=O)c1ccc(C)c([N+](=O)[O-])c1. The zero-order valence-corrected chi connectivity index (χ0v) is 27.2. The number of hydrogen-bond donors (Lipinski definition) is 1. The molecule has 0 heterocycles. The number of methoxy groups -OCH3 is 2. The van der Waals surface area contributed by atoms with Crippen molar-refractivity contribution in [1.29, 1.82) is 0 Å². The van der Waals surface area contributed by atoms with Crippen LogP contribution in [0.1, 0.15) is 38.3 Å². The molecule has 13 heteroatoms. The van der Waals surface area contributed by atoms with Crippen molar-refractivity contribution >= 4 is 33.2 Å². The van der Waals surface area contributed by atoms with E-state index in [4.69, 9.17) is 9.47 Å². The molecule has 0 saturated carbocycles. The maximum Gasteiger partial charge on any atom is 0.273 e. The average Bonchev–Trinajstić information content (AvgIpc) is 3.02. The molecule has 0 radical (unpaired) electrons. The quantitative estimate of drug-likeness (QED) is 0.186. The summed E-state index contributed by atoms with van der Waals surface area (Å²) in [6, 6.07) is 15.7. The number of ether oxygens (including phenoxy) is 2. The first-order valence-electron chi connectivity index (χ1n) is 14.4. The highest BCUT2D eigenvalue weighted by atomic mass is 32.2. The van der Waals surface area contributed by atoms with Gasteiger partial charge >= 0.3 is 0 Å². The second-order valence-electron chi connectivity index (χ2n) is 10.8. The number of aryl methyl sites for hydroxylation is 1. The first-order valence-corrected chi connectivity index (χ1v) is 15.9. The summed E-state index contributed by atoms with van der Waals surface area (Å²) in [7, 11) is -1.51. The van der Waals surface area contributed by atoms with E-state index in [-0.39, 0.29) is 46.6 Å². The largest absolute Gasteiger partial charge is 0.497 e. The first kappa shape index (κ1) is 34.8. The predicted octanol–water partition coefficient (Wildman–Crippen LogP) is 4.70. The van der Waals surface area contributed by atoms with Gasteiger partial charge in [0.1, 0.15) is 24.1 Å². The van der Waals surface area contributed by atoms with E-state index in [0.717, 1.165) is 10.4 Å². The summed E-state index contributed by atoms with van der Waals surface area (Å²) in [4.78, 5) is 39.6. The molecule has 0 aliphatic carbocycles. The summed E-state index contributed by atoms with van der Waals surface area (Å²) in [5.41, 5.74) is 0.752. The fourth-order valence-electron chi connectivity index (χ4n) is 4.62. The van der Waals surface area contributed by atoms with Crippen LogP contribution in [0.25, 0.3) is 0 Å². The number of carbonyl (C=O) groups is 2. The van der Waals surface area contributed by atoms with Crippen molar-refractivity contribution in [3.63, 3.8) is 0 Å². The van der Waals surface area contributed by atoms with Gasteiger partial charge in [-0.25, -0.2) is 8.42 Å². The van der Waals surface area contributed by atoms with Crippen molar-refractivity contribution in [2.45, 2.75) is 51.6 Å². The maximum absolute atomic E-state index is 14.2. The van der Waals surface area contributed by atoms with E-state index in [1.54, 1.807) is 43.3 Å². The summed E-state index contributed by atoms with van der Waals surface area (Å²) in [5.74, 6) is 0.246. The minimum atomic E-state index is -4.51. The molecule has 1 N–H and O–H groups in total. The standard InChI is InChI=1S/C32H40N4O8S/c1-7-29(32(38)33-19-22(2)3)34(20-24-9-13-26(43-5)14-10-24)31(37)21-35(25-11-15-27(44-6)16-12-25)45(41,42)28-17-8-23(4)30(18-28)36(39)40/h8-18,22,29H,7,19-21H2,1-6H3,(H,33,38)/t29-/m1/s1. The minimum absolute atomic E-state index is 0.0168. The molecule has 12 nitrogen and oxygen atoms in total. The second-order valence-corrected chi connectivity index (χ2v) is 12.7. The van der Waals surface area contributed by atoms with Gasteiger partial charge in [0.25, 0.3) is 15.7 Å². The lowest BCUT2D eigenvalue weighted by atomic mass is 10.1. The van der Waals surface area contributed by atoms with Gasteiger partial charge in [0, 0.05) is 24.7 Å². The summed E-state index contributed by atoms with van der Waals surface area (Å²) in [6.45, 7) is 6.92. The second kappa shape index (κ2) is 15.4. The van der Waals surface area contributed by atoms with Crippen LogP contribution >= 0.6 is 0 Å². The highest BCUT2D eigenvalue weighted by Gasteiger charge is 2.34. The topological polar surface area (TPSA) is 148 Å². The number of nitrogens with one attached hydrogen (secondary N) is 1. The number of anilines is 1. The fourth-order valence-corrected chi connectivity index (χ4v) is 6.06. The molecule has 0 saturated heterocycles. The molecule has 45 heavy (non-hydrogen) atoms. The number of nitrogens with zero attached hydrogens (tertiary/aromatic N) is 3. The van der Waals surface area contributed by atoms with Gasteiger partial charge in [0.05, 0.1) is 29.7 Å². The van der Waals surface area contributed by atoms with Gasteiger partial charge in [-0.1, -0.05) is 39.0 Å². The number of hydrogen-bond acceptors (Lipinski definition) is 8. The van der Waals surface area contributed by atoms with Crippen LogP contribution in [-0.4, -0.2) is 63.4 Å². The Balaban J connectivity index is 2.10. The molecule has 2 amide bonds. The number of amides is 2. The van der Waals surface area contributed by atoms with E-state index in [0.29, 0.717) is 23.6 Å². The molecule has 0 bridgehead atoms. The summed E-state index contributed by atoms with van der Waals surface area (Å²) < 4.78 is 39.6. The molecule has 3 aromatic carbocycles.